The van der Waals surface area contributed by atoms with Gasteiger partial charge in [0.15, 0.2) is 0 Å². The Hall–Kier alpha value is -3.37. The standard InChI is InChI=1S/C23H21N3O5S2/c1-2-30-23(29)26-9-8-15-17(12-26)33-21-18(15)20(27)24-19(25-21)13-5-3-6-14(11-13)31-22(28)16-7-4-10-32-16/h3-7,10-11,19,25H,2,8-9,12H2,1H3,(H,24,27)/t19-/m1/s1. The lowest BCUT2D eigenvalue weighted by Crippen LogP contribution is -2.39. The van der Waals surface area contributed by atoms with Gasteiger partial charge in [-0.1, -0.05) is 18.2 Å². The lowest BCUT2D eigenvalue weighted by molar-refractivity contribution is 0.0738. The predicted molar refractivity (Wildman–Crippen MR) is 125 cm³/mol. The van der Waals surface area contributed by atoms with Gasteiger partial charge in [-0.3, -0.25) is 4.79 Å². The molecule has 0 saturated carbocycles. The summed E-state index contributed by atoms with van der Waals surface area (Å²) < 4.78 is 10.6. The van der Waals surface area contributed by atoms with E-state index in [0.29, 0.717) is 42.3 Å². The summed E-state index contributed by atoms with van der Waals surface area (Å²) in [6.07, 6.45) is -0.196. The number of rotatable bonds is 4. The normalized spacial score (nSPS) is 16.8. The second-order valence-corrected chi connectivity index (χ2v) is 9.62. The fourth-order valence-corrected chi connectivity index (χ4v) is 5.85. The van der Waals surface area contributed by atoms with E-state index in [-0.39, 0.29) is 12.0 Å². The summed E-state index contributed by atoms with van der Waals surface area (Å²) in [5, 5.41) is 8.99. The van der Waals surface area contributed by atoms with Crippen molar-refractivity contribution in [3.8, 4) is 5.75 Å². The van der Waals surface area contributed by atoms with Gasteiger partial charge in [0, 0.05) is 11.4 Å². The number of thiophene rings is 2. The molecular weight excluding hydrogens is 462 g/mol. The molecule has 2 N–H and O–H groups in total. The van der Waals surface area contributed by atoms with Crippen molar-refractivity contribution in [2.75, 3.05) is 18.5 Å². The molecule has 8 nitrogen and oxygen atoms in total. The van der Waals surface area contributed by atoms with Crippen LogP contribution in [0.3, 0.4) is 0 Å². The number of ether oxygens (including phenoxy) is 2. The predicted octanol–water partition coefficient (Wildman–Crippen LogP) is 4.40. The van der Waals surface area contributed by atoms with Crippen molar-refractivity contribution in [1.82, 2.24) is 10.2 Å². The summed E-state index contributed by atoms with van der Waals surface area (Å²) in [4.78, 5) is 40.6. The van der Waals surface area contributed by atoms with Crippen LogP contribution in [0, 0.1) is 0 Å². The second-order valence-electron chi connectivity index (χ2n) is 7.57. The quantitative estimate of drug-likeness (QED) is 0.422. The number of anilines is 1. The van der Waals surface area contributed by atoms with Gasteiger partial charge in [0.1, 0.15) is 21.8 Å². The first-order chi connectivity index (χ1) is 16.0. The number of benzene rings is 1. The highest BCUT2D eigenvalue weighted by Crippen LogP contribution is 2.41. The molecule has 0 radical (unpaired) electrons. The van der Waals surface area contributed by atoms with Crippen LogP contribution in [0.5, 0.6) is 5.75 Å². The van der Waals surface area contributed by atoms with Crippen molar-refractivity contribution in [2.45, 2.75) is 26.1 Å². The Balaban J connectivity index is 1.34. The molecule has 0 bridgehead atoms. The van der Waals surface area contributed by atoms with Crippen LogP contribution in [0.4, 0.5) is 9.80 Å². The van der Waals surface area contributed by atoms with Crippen molar-refractivity contribution in [3.05, 3.63) is 68.2 Å². The molecular formula is C23H21N3O5S2. The maximum atomic E-state index is 13.0. The minimum Gasteiger partial charge on any atom is -0.450 e. The van der Waals surface area contributed by atoms with E-state index in [1.165, 1.54) is 22.7 Å². The van der Waals surface area contributed by atoms with Crippen LogP contribution in [0.15, 0.2) is 41.8 Å². The topological polar surface area (TPSA) is 97.0 Å². The number of nitrogens with zero attached hydrogens (tertiary/aromatic N) is 1. The molecule has 170 valence electrons. The van der Waals surface area contributed by atoms with E-state index in [9.17, 15) is 14.4 Å². The first-order valence-corrected chi connectivity index (χ1v) is 12.2. The van der Waals surface area contributed by atoms with E-state index in [4.69, 9.17) is 9.47 Å². The maximum absolute atomic E-state index is 13.0. The van der Waals surface area contributed by atoms with E-state index in [1.54, 1.807) is 42.2 Å². The van der Waals surface area contributed by atoms with E-state index < -0.39 is 12.1 Å². The molecule has 2 amide bonds. The SMILES string of the molecule is CCOC(=O)N1CCc2c(sc3c2C(=O)N[C@@H](c2cccc(OC(=O)c4cccs4)c2)N3)C1. The van der Waals surface area contributed by atoms with Crippen molar-refractivity contribution in [3.63, 3.8) is 0 Å². The lowest BCUT2D eigenvalue weighted by Gasteiger charge is -2.28. The number of hydrogen-bond donors (Lipinski definition) is 2. The molecule has 2 aromatic heterocycles. The van der Waals surface area contributed by atoms with Gasteiger partial charge >= 0.3 is 12.1 Å². The van der Waals surface area contributed by atoms with Gasteiger partial charge in [-0.05, 0) is 48.1 Å². The molecule has 1 atom stereocenters. The average molecular weight is 484 g/mol. The monoisotopic (exact) mass is 483 g/mol. The Labute approximate surface area is 198 Å². The molecule has 4 heterocycles. The zero-order valence-corrected chi connectivity index (χ0v) is 19.4. The van der Waals surface area contributed by atoms with Crippen LogP contribution in [-0.4, -0.2) is 36.0 Å². The Bertz CT molecular complexity index is 1220. The van der Waals surface area contributed by atoms with Gasteiger partial charge < -0.3 is 25.0 Å². The Morgan fingerprint density at radius 3 is 2.88 bits per heavy atom. The van der Waals surface area contributed by atoms with E-state index in [1.807, 2.05) is 11.4 Å². The van der Waals surface area contributed by atoms with Crippen LogP contribution in [0.2, 0.25) is 0 Å². The van der Waals surface area contributed by atoms with E-state index in [0.717, 1.165) is 21.0 Å². The number of hydrogen-bond acceptors (Lipinski definition) is 8. The maximum Gasteiger partial charge on any atom is 0.410 e. The van der Waals surface area contributed by atoms with Crippen molar-refractivity contribution in [2.24, 2.45) is 0 Å². The lowest BCUT2D eigenvalue weighted by atomic mass is 10.0. The van der Waals surface area contributed by atoms with Gasteiger partial charge in [-0.2, -0.15) is 0 Å². The van der Waals surface area contributed by atoms with Crippen LogP contribution in [-0.2, 0) is 17.7 Å². The highest BCUT2D eigenvalue weighted by molar-refractivity contribution is 7.16. The first-order valence-electron chi connectivity index (χ1n) is 10.5. The van der Waals surface area contributed by atoms with Crippen LogP contribution < -0.4 is 15.4 Å². The van der Waals surface area contributed by atoms with Crippen LogP contribution in [0.25, 0.3) is 0 Å². The van der Waals surface area contributed by atoms with Crippen molar-refractivity contribution < 1.29 is 23.9 Å². The minimum atomic E-state index is -0.466. The summed E-state index contributed by atoms with van der Waals surface area (Å²) in [5.74, 6) is -0.165. The number of amides is 2. The molecule has 33 heavy (non-hydrogen) atoms. The highest BCUT2D eigenvalue weighted by atomic mass is 32.1. The molecule has 3 aromatic rings. The van der Waals surface area contributed by atoms with Gasteiger partial charge in [0.25, 0.3) is 5.91 Å². The third-order valence-electron chi connectivity index (χ3n) is 5.49. The Morgan fingerprint density at radius 1 is 1.21 bits per heavy atom. The summed E-state index contributed by atoms with van der Waals surface area (Å²) in [6.45, 7) is 3.06. The number of nitrogens with one attached hydrogen (secondary N) is 2. The smallest absolute Gasteiger partial charge is 0.410 e. The Morgan fingerprint density at radius 2 is 2.09 bits per heavy atom. The van der Waals surface area contributed by atoms with Gasteiger partial charge in [0.2, 0.25) is 0 Å². The zero-order valence-electron chi connectivity index (χ0n) is 17.8. The third kappa shape index (κ3) is 4.19. The summed E-state index contributed by atoms with van der Waals surface area (Å²) in [7, 11) is 0. The number of fused-ring (bicyclic) bond motifs is 3. The van der Waals surface area contributed by atoms with Gasteiger partial charge in [-0.15, -0.1) is 22.7 Å². The molecule has 2 aliphatic rings. The van der Waals surface area contributed by atoms with Crippen molar-refractivity contribution >= 4 is 45.6 Å². The van der Waals surface area contributed by atoms with Crippen molar-refractivity contribution in [1.29, 1.82) is 0 Å². The molecule has 0 fully saturated rings. The largest absolute Gasteiger partial charge is 0.450 e. The van der Waals surface area contributed by atoms with E-state index in [2.05, 4.69) is 10.6 Å². The fourth-order valence-electron chi connectivity index (χ4n) is 3.96. The highest BCUT2D eigenvalue weighted by Gasteiger charge is 2.34. The second kappa shape index (κ2) is 8.87. The number of esters is 1. The minimum absolute atomic E-state index is 0.156. The average Bonchev–Trinajstić information content (AvgIpc) is 3.47. The first kappa shape index (κ1) is 21.5. The summed E-state index contributed by atoms with van der Waals surface area (Å²) >= 11 is 2.80. The Kier molecular flexibility index (Phi) is 5.77. The zero-order chi connectivity index (χ0) is 22.9. The molecule has 0 saturated heterocycles. The third-order valence-corrected chi connectivity index (χ3v) is 7.48. The summed E-state index contributed by atoms with van der Waals surface area (Å²) in [5.41, 5.74) is 2.40. The van der Waals surface area contributed by atoms with Crippen LogP contribution >= 0.6 is 22.7 Å². The number of carbonyl (C=O) groups is 3. The van der Waals surface area contributed by atoms with Gasteiger partial charge in [0.05, 0.1) is 18.7 Å². The molecule has 2 aliphatic heterocycles. The molecule has 0 unspecified atom stereocenters. The summed E-state index contributed by atoms with van der Waals surface area (Å²) in [6, 6.07) is 10.6. The molecule has 0 aliphatic carbocycles. The van der Waals surface area contributed by atoms with E-state index >= 15 is 0 Å². The molecule has 1 aromatic carbocycles. The number of carbonyl (C=O) groups excluding carboxylic acids is 3. The van der Waals surface area contributed by atoms with Crippen LogP contribution in [0.1, 0.15) is 49.1 Å². The molecule has 5 rings (SSSR count). The molecule has 10 heteroatoms. The fraction of sp³-hybridized carbons (Fsp3) is 0.261. The van der Waals surface area contributed by atoms with Gasteiger partial charge in [-0.25, -0.2) is 9.59 Å². The molecule has 0 spiro atoms.